The van der Waals surface area contributed by atoms with E-state index < -0.39 is 10.0 Å². The topological polar surface area (TPSA) is 86.9 Å². The molecule has 1 aliphatic heterocycles. The summed E-state index contributed by atoms with van der Waals surface area (Å²) in [6, 6.07) is 6.29. The molecule has 0 saturated carbocycles. The fourth-order valence-electron chi connectivity index (χ4n) is 2.34. The molecule has 1 aromatic rings. The minimum Gasteiger partial charge on any atom is -0.399 e. The summed E-state index contributed by atoms with van der Waals surface area (Å²) in [5.41, 5.74) is 6.14. The van der Waals surface area contributed by atoms with Crippen LogP contribution in [0.2, 0.25) is 0 Å². The Labute approximate surface area is 119 Å². The van der Waals surface area contributed by atoms with Crippen LogP contribution >= 0.6 is 0 Å². The van der Waals surface area contributed by atoms with Crippen LogP contribution < -0.4 is 5.73 Å². The first-order chi connectivity index (χ1) is 9.54. The van der Waals surface area contributed by atoms with E-state index in [-0.39, 0.29) is 11.5 Å². The van der Waals surface area contributed by atoms with Crippen molar-refractivity contribution in [2.45, 2.75) is 11.3 Å². The quantitative estimate of drug-likeness (QED) is 0.762. The first-order valence-electron chi connectivity index (χ1n) is 6.73. The number of hydrogen-bond acceptors (Lipinski definition) is 5. The van der Waals surface area contributed by atoms with Crippen LogP contribution in [0.1, 0.15) is 6.42 Å². The molecule has 6 nitrogen and oxygen atoms in total. The molecule has 3 N–H and O–H groups in total. The van der Waals surface area contributed by atoms with E-state index in [9.17, 15) is 8.42 Å². The number of aliphatic hydroxyl groups excluding tert-OH is 1. The molecule has 0 unspecified atom stereocenters. The van der Waals surface area contributed by atoms with Crippen LogP contribution in [0.4, 0.5) is 5.69 Å². The van der Waals surface area contributed by atoms with Gasteiger partial charge in [-0.05, 0) is 37.2 Å². The Morgan fingerprint density at radius 3 is 2.45 bits per heavy atom. The monoisotopic (exact) mass is 299 g/mol. The Balaban J connectivity index is 2.11. The molecule has 0 amide bonds. The lowest BCUT2D eigenvalue weighted by atomic mass is 10.3. The van der Waals surface area contributed by atoms with Crippen molar-refractivity contribution in [2.75, 3.05) is 45.1 Å². The third-order valence-corrected chi connectivity index (χ3v) is 5.39. The summed E-state index contributed by atoms with van der Waals surface area (Å²) in [5.74, 6) is 0. The molecule has 0 aliphatic carbocycles. The third-order valence-electron chi connectivity index (χ3n) is 3.48. The smallest absolute Gasteiger partial charge is 0.243 e. The molecule has 1 saturated heterocycles. The second kappa shape index (κ2) is 6.53. The molecule has 0 atom stereocenters. The lowest BCUT2D eigenvalue weighted by molar-refractivity contribution is 0.202. The minimum atomic E-state index is -3.45. The van der Waals surface area contributed by atoms with Crippen molar-refractivity contribution in [1.29, 1.82) is 0 Å². The molecule has 1 fully saturated rings. The number of rotatable bonds is 4. The van der Waals surface area contributed by atoms with E-state index in [0.29, 0.717) is 31.9 Å². The van der Waals surface area contributed by atoms with Gasteiger partial charge in [-0.25, -0.2) is 8.42 Å². The van der Waals surface area contributed by atoms with Crippen LogP contribution in [-0.2, 0) is 10.0 Å². The second-order valence-electron chi connectivity index (χ2n) is 4.89. The molecule has 0 aromatic heterocycles. The van der Waals surface area contributed by atoms with Gasteiger partial charge in [-0.3, -0.25) is 4.90 Å². The van der Waals surface area contributed by atoms with E-state index in [0.717, 1.165) is 13.0 Å². The Bertz CT molecular complexity index is 530. The SMILES string of the molecule is Nc1ccc(S(=O)(=O)N2CCCN(CCO)CC2)cc1. The fourth-order valence-corrected chi connectivity index (χ4v) is 3.81. The lowest BCUT2D eigenvalue weighted by Crippen LogP contribution is -2.35. The number of hydrogen-bond donors (Lipinski definition) is 2. The van der Waals surface area contributed by atoms with Crippen molar-refractivity contribution in [2.24, 2.45) is 0 Å². The maximum Gasteiger partial charge on any atom is 0.243 e. The van der Waals surface area contributed by atoms with Crippen molar-refractivity contribution in [1.82, 2.24) is 9.21 Å². The average Bonchev–Trinajstić information content (AvgIpc) is 2.66. The van der Waals surface area contributed by atoms with E-state index in [2.05, 4.69) is 4.90 Å². The number of β-amino-alcohol motifs (C(OH)–C–C–N with tert-alkyl or cyclic N) is 1. The molecule has 20 heavy (non-hydrogen) atoms. The Morgan fingerprint density at radius 1 is 1.10 bits per heavy atom. The summed E-state index contributed by atoms with van der Waals surface area (Å²) in [6.07, 6.45) is 0.772. The molecule has 1 aliphatic rings. The first-order valence-corrected chi connectivity index (χ1v) is 8.17. The molecular formula is C13H21N3O3S. The molecule has 0 spiro atoms. The highest BCUT2D eigenvalue weighted by molar-refractivity contribution is 7.89. The van der Waals surface area contributed by atoms with Crippen LogP contribution in [0.5, 0.6) is 0 Å². The summed E-state index contributed by atoms with van der Waals surface area (Å²) >= 11 is 0. The predicted octanol–water partition coefficient (Wildman–Crippen LogP) is -0.0425. The van der Waals surface area contributed by atoms with Gasteiger partial charge in [-0.1, -0.05) is 0 Å². The van der Waals surface area contributed by atoms with Gasteiger partial charge in [0.25, 0.3) is 0 Å². The van der Waals surface area contributed by atoms with E-state index >= 15 is 0 Å². The maximum atomic E-state index is 12.5. The van der Waals surface area contributed by atoms with E-state index in [1.165, 1.54) is 4.31 Å². The zero-order chi connectivity index (χ0) is 14.6. The number of nitrogen functional groups attached to an aromatic ring is 1. The molecule has 7 heteroatoms. The van der Waals surface area contributed by atoms with Gasteiger partial charge in [-0.2, -0.15) is 4.31 Å². The van der Waals surface area contributed by atoms with Crippen LogP contribution in [-0.4, -0.2) is 62.1 Å². The highest BCUT2D eigenvalue weighted by atomic mass is 32.2. The van der Waals surface area contributed by atoms with Crippen molar-refractivity contribution in [3.63, 3.8) is 0 Å². The van der Waals surface area contributed by atoms with Gasteiger partial charge in [0.15, 0.2) is 0 Å². The largest absolute Gasteiger partial charge is 0.399 e. The number of aliphatic hydroxyl groups is 1. The molecule has 0 radical (unpaired) electrons. The van der Waals surface area contributed by atoms with E-state index in [1.807, 2.05) is 0 Å². The molecule has 112 valence electrons. The number of nitrogens with two attached hydrogens (primary N) is 1. The Hall–Kier alpha value is -1.15. The summed E-state index contributed by atoms with van der Waals surface area (Å²) in [4.78, 5) is 2.36. The molecule has 2 rings (SSSR count). The summed E-state index contributed by atoms with van der Waals surface area (Å²) in [7, 11) is -3.45. The predicted molar refractivity (Wildman–Crippen MR) is 77.8 cm³/mol. The van der Waals surface area contributed by atoms with Gasteiger partial charge < -0.3 is 10.8 Å². The van der Waals surface area contributed by atoms with Gasteiger partial charge in [0.2, 0.25) is 10.0 Å². The average molecular weight is 299 g/mol. The van der Waals surface area contributed by atoms with E-state index in [1.54, 1.807) is 24.3 Å². The normalized spacial score (nSPS) is 18.9. The van der Waals surface area contributed by atoms with Gasteiger partial charge >= 0.3 is 0 Å². The van der Waals surface area contributed by atoms with E-state index in [4.69, 9.17) is 10.8 Å². The van der Waals surface area contributed by atoms with Gasteiger partial charge in [-0.15, -0.1) is 0 Å². The second-order valence-corrected chi connectivity index (χ2v) is 6.83. The lowest BCUT2D eigenvalue weighted by Gasteiger charge is -2.21. The van der Waals surface area contributed by atoms with Crippen LogP contribution in [0.15, 0.2) is 29.2 Å². The number of sulfonamides is 1. The number of anilines is 1. The summed E-state index contributed by atoms with van der Waals surface area (Å²) < 4.78 is 26.6. The van der Waals surface area contributed by atoms with Crippen LogP contribution in [0.3, 0.4) is 0 Å². The fraction of sp³-hybridized carbons (Fsp3) is 0.538. The number of nitrogens with zero attached hydrogens (tertiary/aromatic N) is 2. The molecular weight excluding hydrogens is 278 g/mol. The third kappa shape index (κ3) is 3.49. The maximum absolute atomic E-state index is 12.5. The Kier molecular flexibility index (Phi) is 4.98. The highest BCUT2D eigenvalue weighted by Crippen LogP contribution is 2.18. The summed E-state index contributed by atoms with van der Waals surface area (Å²) in [6.45, 7) is 3.12. The zero-order valence-corrected chi connectivity index (χ0v) is 12.2. The summed E-state index contributed by atoms with van der Waals surface area (Å²) in [5, 5.41) is 8.95. The first kappa shape index (κ1) is 15.2. The van der Waals surface area contributed by atoms with Crippen LogP contribution in [0, 0.1) is 0 Å². The van der Waals surface area contributed by atoms with Gasteiger partial charge in [0.05, 0.1) is 11.5 Å². The standard InChI is InChI=1S/C13H21N3O3S/c14-12-2-4-13(5-3-12)20(18,19)16-7-1-6-15(8-9-16)10-11-17/h2-5,17H,1,6-11,14H2. The number of benzene rings is 1. The van der Waals surface area contributed by atoms with Crippen LogP contribution in [0.25, 0.3) is 0 Å². The Morgan fingerprint density at radius 2 is 1.80 bits per heavy atom. The van der Waals surface area contributed by atoms with Crippen molar-refractivity contribution in [3.8, 4) is 0 Å². The highest BCUT2D eigenvalue weighted by Gasteiger charge is 2.26. The molecule has 0 bridgehead atoms. The minimum absolute atomic E-state index is 0.102. The molecule has 1 aromatic carbocycles. The molecule has 1 heterocycles. The van der Waals surface area contributed by atoms with Crippen molar-refractivity contribution >= 4 is 15.7 Å². The van der Waals surface area contributed by atoms with Crippen molar-refractivity contribution < 1.29 is 13.5 Å². The van der Waals surface area contributed by atoms with Gasteiger partial charge in [0, 0.05) is 31.9 Å². The van der Waals surface area contributed by atoms with Crippen molar-refractivity contribution in [3.05, 3.63) is 24.3 Å². The zero-order valence-electron chi connectivity index (χ0n) is 11.4. The van der Waals surface area contributed by atoms with Gasteiger partial charge in [0.1, 0.15) is 0 Å².